The second kappa shape index (κ2) is 8.85. The molecule has 0 aliphatic carbocycles. The maximum absolute atomic E-state index is 11.5. The lowest BCUT2D eigenvalue weighted by molar-refractivity contribution is -0.121. The van der Waals surface area contributed by atoms with E-state index in [0.717, 1.165) is 5.41 Å². The van der Waals surface area contributed by atoms with Gasteiger partial charge < -0.3 is 5.32 Å². The quantitative estimate of drug-likeness (QED) is 0.615. The predicted molar refractivity (Wildman–Crippen MR) is 74.9 cm³/mol. The molecular formula is C13H22NO4S. The summed E-state index contributed by atoms with van der Waals surface area (Å²) >= 11 is 0. The smallest absolute Gasteiger partial charge is 0.223 e. The number of nitrogens with one attached hydrogen (secondary N) is 1. The Bertz CT molecular complexity index is 401. The maximum Gasteiger partial charge on any atom is 0.223 e. The standard InChI is InChI=1S/C13H22NO4S/c1-4-19(17,18)9-7-5-6-8-13(16)14-12(10-15)11(2)3/h4,11-12H,1,5-9H2,2-3H3,(H,14,16)/t12-/m1/s1. The molecule has 0 rings (SSSR count). The van der Waals surface area contributed by atoms with E-state index in [2.05, 4.69) is 11.9 Å². The van der Waals surface area contributed by atoms with Crippen molar-refractivity contribution >= 4 is 22.0 Å². The van der Waals surface area contributed by atoms with Gasteiger partial charge in [-0.3, -0.25) is 9.59 Å². The van der Waals surface area contributed by atoms with E-state index in [-0.39, 0.29) is 17.6 Å². The molecule has 19 heavy (non-hydrogen) atoms. The van der Waals surface area contributed by atoms with Crippen LogP contribution in [-0.4, -0.2) is 32.4 Å². The molecule has 0 unspecified atom stereocenters. The minimum atomic E-state index is -3.14. The lowest BCUT2D eigenvalue weighted by atomic mass is 10.1. The number of rotatable bonds is 10. The molecule has 0 saturated heterocycles. The zero-order valence-electron chi connectivity index (χ0n) is 11.5. The monoisotopic (exact) mass is 288 g/mol. The van der Waals surface area contributed by atoms with Crippen molar-refractivity contribution in [3.05, 3.63) is 12.0 Å². The van der Waals surface area contributed by atoms with Crippen LogP contribution in [0.15, 0.2) is 12.0 Å². The van der Waals surface area contributed by atoms with E-state index < -0.39 is 15.9 Å². The van der Waals surface area contributed by atoms with Gasteiger partial charge in [0.15, 0.2) is 9.84 Å². The van der Waals surface area contributed by atoms with Crippen LogP contribution in [0.1, 0.15) is 39.5 Å². The van der Waals surface area contributed by atoms with Crippen molar-refractivity contribution in [1.29, 1.82) is 0 Å². The van der Waals surface area contributed by atoms with Crippen molar-refractivity contribution in [1.82, 2.24) is 5.32 Å². The van der Waals surface area contributed by atoms with E-state index in [1.165, 1.54) is 0 Å². The molecule has 0 aromatic carbocycles. The Labute approximate surface area is 115 Å². The topological polar surface area (TPSA) is 80.3 Å². The van der Waals surface area contributed by atoms with Crippen LogP contribution in [0.5, 0.6) is 0 Å². The Morgan fingerprint density at radius 1 is 1.32 bits per heavy atom. The molecule has 0 aliphatic rings. The molecule has 1 radical (unpaired) electrons. The molecular weight excluding hydrogens is 266 g/mol. The Hall–Kier alpha value is -1.17. The van der Waals surface area contributed by atoms with Crippen LogP contribution < -0.4 is 5.32 Å². The fourth-order valence-corrected chi connectivity index (χ4v) is 2.20. The summed E-state index contributed by atoms with van der Waals surface area (Å²) in [6.07, 6.45) is 3.84. The summed E-state index contributed by atoms with van der Waals surface area (Å²) < 4.78 is 22.2. The lowest BCUT2D eigenvalue weighted by Gasteiger charge is -2.15. The number of amides is 1. The van der Waals surface area contributed by atoms with Crippen LogP contribution in [0, 0.1) is 5.92 Å². The van der Waals surface area contributed by atoms with Crippen LogP contribution >= 0.6 is 0 Å². The molecule has 0 spiro atoms. The molecule has 0 bridgehead atoms. The van der Waals surface area contributed by atoms with Crippen LogP contribution in [0.2, 0.25) is 0 Å². The summed E-state index contributed by atoms with van der Waals surface area (Å²) in [5.74, 6) is -0.123. The third-order valence-corrected chi connectivity index (χ3v) is 4.06. The van der Waals surface area contributed by atoms with E-state index >= 15 is 0 Å². The summed E-state index contributed by atoms with van der Waals surface area (Å²) in [7, 11) is -3.14. The predicted octanol–water partition coefficient (Wildman–Crippen LogP) is 1.36. The number of unbranched alkanes of at least 4 members (excludes halogenated alkanes) is 2. The molecule has 6 heteroatoms. The summed E-state index contributed by atoms with van der Waals surface area (Å²) in [5, 5.41) is 3.54. The SMILES string of the molecule is C=CS(=O)(=O)CCCCCC(=O)N[C@H]([C]=O)C(C)C. The first-order chi connectivity index (χ1) is 8.82. The van der Waals surface area contributed by atoms with Crippen molar-refractivity contribution in [2.24, 2.45) is 5.92 Å². The van der Waals surface area contributed by atoms with Gasteiger partial charge in [-0.2, -0.15) is 0 Å². The average Bonchev–Trinajstić information content (AvgIpc) is 2.35. The second-order valence-corrected chi connectivity index (χ2v) is 6.82. The van der Waals surface area contributed by atoms with Gasteiger partial charge in [-0.25, -0.2) is 8.42 Å². The Morgan fingerprint density at radius 2 is 1.95 bits per heavy atom. The van der Waals surface area contributed by atoms with Crippen LogP contribution in [-0.2, 0) is 19.4 Å². The van der Waals surface area contributed by atoms with Gasteiger partial charge in [-0.05, 0) is 18.8 Å². The van der Waals surface area contributed by atoms with Crippen molar-refractivity contribution in [3.8, 4) is 0 Å². The third kappa shape index (κ3) is 8.53. The van der Waals surface area contributed by atoms with Gasteiger partial charge in [0, 0.05) is 11.8 Å². The first-order valence-electron chi connectivity index (χ1n) is 6.34. The highest BCUT2D eigenvalue weighted by molar-refractivity contribution is 7.94. The Kier molecular flexibility index (Phi) is 8.30. The number of hydrogen-bond donors (Lipinski definition) is 1. The third-order valence-electron chi connectivity index (χ3n) is 2.70. The van der Waals surface area contributed by atoms with Gasteiger partial charge >= 0.3 is 0 Å². The highest BCUT2D eigenvalue weighted by Gasteiger charge is 2.15. The summed E-state index contributed by atoms with van der Waals surface area (Å²) in [5.41, 5.74) is 0. The number of sulfone groups is 1. The molecule has 5 nitrogen and oxygen atoms in total. The minimum absolute atomic E-state index is 0.0131. The van der Waals surface area contributed by atoms with Gasteiger partial charge in [-0.15, -0.1) is 0 Å². The molecule has 0 fully saturated rings. The van der Waals surface area contributed by atoms with Crippen LogP contribution in [0.25, 0.3) is 0 Å². The molecule has 1 amide bonds. The van der Waals surface area contributed by atoms with Gasteiger partial charge in [0.2, 0.25) is 12.2 Å². The second-order valence-electron chi connectivity index (χ2n) is 4.75. The normalized spacial score (nSPS) is 13.0. The highest BCUT2D eigenvalue weighted by Crippen LogP contribution is 2.05. The van der Waals surface area contributed by atoms with E-state index in [4.69, 9.17) is 0 Å². The summed E-state index contributed by atoms with van der Waals surface area (Å²) in [6.45, 7) is 6.89. The molecule has 1 N–H and O–H groups in total. The van der Waals surface area contributed by atoms with Gasteiger partial charge in [0.1, 0.15) is 0 Å². The largest absolute Gasteiger partial charge is 0.346 e. The molecule has 0 heterocycles. The zero-order valence-corrected chi connectivity index (χ0v) is 12.3. The van der Waals surface area contributed by atoms with Crippen LogP contribution in [0.3, 0.4) is 0 Å². The molecule has 0 aromatic rings. The minimum Gasteiger partial charge on any atom is -0.346 e. The van der Waals surface area contributed by atoms with E-state index in [1.807, 2.05) is 13.8 Å². The van der Waals surface area contributed by atoms with Crippen molar-refractivity contribution in [2.75, 3.05) is 5.75 Å². The zero-order chi connectivity index (χ0) is 14.9. The summed E-state index contributed by atoms with van der Waals surface area (Å²) in [6, 6.07) is -0.575. The molecule has 0 aromatic heterocycles. The number of carbonyl (C=O) groups excluding carboxylic acids is 2. The first kappa shape index (κ1) is 17.8. The first-order valence-corrected chi connectivity index (χ1v) is 8.06. The Balaban J connectivity index is 3.81. The fraction of sp³-hybridized carbons (Fsp3) is 0.692. The fourth-order valence-electron chi connectivity index (χ4n) is 1.43. The Morgan fingerprint density at radius 3 is 2.42 bits per heavy atom. The molecule has 109 valence electrons. The van der Waals surface area contributed by atoms with Gasteiger partial charge in [-0.1, -0.05) is 26.8 Å². The number of hydrogen-bond acceptors (Lipinski definition) is 4. The van der Waals surface area contributed by atoms with Crippen molar-refractivity contribution in [2.45, 2.75) is 45.6 Å². The van der Waals surface area contributed by atoms with Crippen molar-refractivity contribution < 1.29 is 18.0 Å². The van der Waals surface area contributed by atoms with Crippen molar-refractivity contribution in [3.63, 3.8) is 0 Å². The highest BCUT2D eigenvalue weighted by atomic mass is 32.2. The van der Waals surface area contributed by atoms with Crippen LogP contribution in [0.4, 0.5) is 0 Å². The van der Waals surface area contributed by atoms with E-state index in [9.17, 15) is 18.0 Å². The maximum atomic E-state index is 11.5. The van der Waals surface area contributed by atoms with E-state index in [0.29, 0.717) is 25.7 Å². The van der Waals surface area contributed by atoms with E-state index in [1.54, 1.807) is 6.29 Å². The van der Waals surface area contributed by atoms with Gasteiger partial charge in [0.05, 0.1) is 11.8 Å². The van der Waals surface area contributed by atoms with Gasteiger partial charge in [0.25, 0.3) is 0 Å². The summed E-state index contributed by atoms with van der Waals surface area (Å²) in [4.78, 5) is 22.1. The molecule has 0 saturated carbocycles. The molecule has 0 aliphatic heterocycles. The average molecular weight is 288 g/mol. The lowest BCUT2D eigenvalue weighted by Crippen LogP contribution is -2.39. The number of carbonyl (C=O) groups is 1. The molecule has 1 atom stereocenters.